The summed E-state index contributed by atoms with van der Waals surface area (Å²) in [5.74, 6) is -0.0885. The van der Waals surface area contributed by atoms with E-state index in [9.17, 15) is 14.0 Å². The molecule has 0 unspecified atom stereocenters. The Kier molecular flexibility index (Phi) is 4.63. The number of para-hydroxylation sites is 1. The molecule has 140 valence electrons. The lowest BCUT2D eigenvalue weighted by atomic mass is 9.73. The topological polar surface area (TPSA) is 58.6 Å². The molecule has 0 radical (unpaired) electrons. The van der Waals surface area contributed by atoms with Crippen LogP contribution >= 0.6 is 15.9 Å². The molecule has 1 N–H and O–H groups in total. The number of benzene rings is 2. The molecule has 2 aliphatic heterocycles. The molecule has 4 rings (SSSR count). The molecule has 2 aromatic carbocycles. The summed E-state index contributed by atoms with van der Waals surface area (Å²) >= 11 is 3.22. The van der Waals surface area contributed by atoms with E-state index >= 15 is 0 Å². The fraction of sp³-hybridized carbons (Fsp3) is 0.300. The predicted molar refractivity (Wildman–Crippen MR) is 102 cm³/mol. The van der Waals surface area contributed by atoms with Crippen LogP contribution in [0.25, 0.3) is 0 Å². The van der Waals surface area contributed by atoms with Crippen LogP contribution in [0.15, 0.2) is 46.9 Å². The maximum Gasteiger partial charge on any atom is 0.260 e. The Morgan fingerprint density at radius 1 is 1.22 bits per heavy atom. The van der Waals surface area contributed by atoms with Crippen LogP contribution in [-0.2, 0) is 15.0 Å². The Morgan fingerprint density at radius 2 is 1.96 bits per heavy atom. The van der Waals surface area contributed by atoms with E-state index in [0.29, 0.717) is 36.2 Å². The highest BCUT2D eigenvalue weighted by molar-refractivity contribution is 9.10. The Hall–Kier alpha value is -2.41. The molecule has 0 aromatic heterocycles. The SMILES string of the molecule is O=C(COc1ccc(F)cc1Br)N1CCC2(CC1)C(=O)Nc1ccccc12. The third kappa shape index (κ3) is 3.20. The van der Waals surface area contributed by atoms with E-state index in [0.717, 1.165) is 11.3 Å². The minimum atomic E-state index is -0.547. The predicted octanol–water partition coefficient (Wildman–Crippen LogP) is 3.48. The summed E-state index contributed by atoms with van der Waals surface area (Å²) in [6.07, 6.45) is 1.17. The number of halogens is 2. The van der Waals surface area contributed by atoms with Crippen molar-refractivity contribution >= 4 is 33.4 Å². The van der Waals surface area contributed by atoms with E-state index in [2.05, 4.69) is 21.2 Å². The lowest BCUT2D eigenvalue weighted by molar-refractivity contribution is -0.137. The highest BCUT2D eigenvalue weighted by atomic mass is 79.9. The number of nitrogens with one attached hydrogen (secondary N) is 1. The Morgan fingerprint density at radius 3 is 2.70 bits per heavy atom. The maximum absolute atomic E-state index is 13.1. The van der Waals surface area contributed by atoms with Crippen LogP contribution in [0.4, 0.5) is 10.1 Å². The number of nitrogens with zero attached hydrogens (tertiary/aromatic N) is 1. The number of ether oxygens (including phenoxy) is 1. The van der Waals surface area contributed by atoms with Gasteiger partial charge in [-0.2, -0.15) is 0 Å². The van der Waals surface area contributed by atoms with Gasteiger partial charge in [0, 0.05) is 18.8 Å². The van der Waals surface area contributed by atoms with Crippen molar-refractivity contribution in [3.05, 3.63) is 58.3 Å². The molecule has 1 spiro atoms. The number of carbonyl (C=O) groups excluding carboxylic acids is 2. The largest absolute Gasteiger partial charge is 0.483 e. The van der Waals surface area contributed by atoms with E-state index < -0.39 is 5.41 Å². The van der Waals surface area contributed by atoms with E-state index in [1.54, 1.807) is 4.90 Å². The van der Waals surface area contributed by atoms with Crippen molar-refractivity contribution in [2.45, 2.75) is 18.3 Å². The number of anilines is 1. The molecule has 27 heavy (non-hydrogen) atoms. The van der Waals surface area contributed by atoms with Crippen LogP contribution in [0.3, 0.4) is 0 Å². The normalized spacial score (nSPS) is 17.6. The molecule has 0 aliphatic carbocycles. The molecule has 0 bridgehead atoms. The second-order valence-corrected chi connectivity index (χ2v) is 7.68. The van der Waals surface area contributed by atoms with Crippen molar-refractivity contribution in [1.29, 1.82) is 0 Å². The second kappa shape index (κ2) is 6.96. The molecule has 2 aliphatic rings. The first-order valence-electron chi connectivity index (χ1n) is 8.76. The molecule has 1 saturated heterocycles. The summed E-state index contributed by atoms with van der Waals surface area (Å²) in [6.45, 7) is 0.864. The van der Waals surface area contributed by atoms with Crippen LogP contribution in [0.5, 0.6) is 5.75 Å². The third-order valence-corrected chi connectivity index (χ3v) is 5.96. The van der Waals surface area contributed by atoms with Crippen LogP contribution in [0, 0.1) is 5.82 Å². The highest BCUT2D eigenvalue weighted by Gasteiger charge is 2.48. The lowest BCUT2D eigenvalue weighted by Crippen LogP contribution is -2.49. The number of amides is 2. The first-order valence-corrected chi connectivity index (χ1v) is 9.55. The number of rotatable bonds is 3. The van der Waals surface area contributed by atoms with Crippen molar-refractivity contribution in [2.24, 2.45) is 0 Å². The number of hydrogen-bond donors (Lipinski definition) is 1. The van der Waals surface area contributed by atoms with Gasteiger partial charge in [-0.05, 0) is 58.6 Å². The average molecular weight is 433 g/mol. The fourth-order valence-electron chi connectivity index (χ4n) is 3.83. The number of likely N-dealkylation sites (tertiary alicyclic amines) is 1. The van der Waals surface area contributed by atoms with Crippen LogP contribution < -0.4 is 10.1 Å². The van der Waals surface area contributed by atoms with Gasteiger partial charge in [-0.15, -0.1) is 0 Å². The van der Waals surface area contributed by atoms with Gasteiger partial charge >= 0.3 is 0 Å². The number of hydrogen-bond acceptors (Lipinski definition) is 3. The van der Waals surface area contributed by atoms with Gasteiger partial charge in [0.15, 0.2) is 6.61 Å². The van der Waals surface area contributed by atoms with Gasteiger partial charge < -0.3 is 15.0 Å². The highest BCUT2D eigenvalue weighted by Crippen LogP contribution is 2.44. The Bertz CT molecular complexity index is 910. The summed E-state index contributed by atoms with van der Waals surface area (Å²) in [7, 11) is 0. The Labute approximate surface area is 164 Å². The van der Waals surface area contributed by atoms with Gasteiger partial charge in [0.2, 0.25) is 5.91 Å². The summed E-state index contributed by atoms with van der Waals surface area (Å²) in [4.78, 5) is 26.8. The van der Waals surface area contributed by atoms with E-state index in [-0.39, 0.29) is 24.2 Å². The zero-order valence-corrected chi connectivity index (χ0v) is 16.1. The average Bonchev–Trinajstić information content (AvgIpc) is 2.93. The molecule has 2 heterocycles. The maximum atomic E-state index is 13.1. The third-order valence-electron chi connectivity index (χ3n) is 5.34. The van der Waals surface area contributed by atoms with Crippen molar-refractivity contribution in [3.63, 3.8) is 0 Å². The smallest absolute Gasteiger partial charge is 0.260 e. The molecule has 0 atom stereocenters. The molecule has 1 fully saturated rings. The second-order valence-electron chi connectivity index (χ2n) is 6.83. The van der Waals surface area contributed by atoms with Crippen molar-refractivity contribution in [2.75, 3.05) is 25.0 Å². The van der Waals surface area contributed by atoms with Crippen LogP contribution in [0.1, 0.15) is 18.4 Å². The van der Waals surface area contributed by atoms with E-state index in [1.165, 1.54) is 18.2 Å². The summed E-state index contributed by atoms with van der Waals surface area (Å²) < 4.78 is 19.1. The molecule has 2 aromatic rings. The van der Waals surface area contributed by atoms with E-state index in [4.69, 9.17) is 4.74 Å². The number of piperidine rings is 1. The van der Waals surface area contributed by atoms with Crippen molar-refractivity contribution in [3.8, 4) is 5.75 Å². The number of carbonyl (C=O) groups is 2. The first kappa shape index (κ1) is 18.0. The number of fused-ring (bicyclic) bond motifs is 2. The van der Waals surface area contributed by atoms with Gasteiger partial charge in [-0.25, -0.2) is 4.39 Å². The molecule has 7 heteroatoms. The molecule has 5 nitrogen and oxygen atoms in total. The minimum Gasteiger partial charge on any atom is -0.483 e. The van der Waals surface area contributed by atoms with Crippen LogP contribution in [-0.4, -0.2) is 36.4 Å². The first-order chi connectivity index (χ1) is 13.0. The standard InChI is InChI=1S/C20H18BrFN2O3/c21-15-11-13(22)5-6-17(15)27-12-18(25)24-9-7-20(8-10-24)14-3-1-2-4-16(14)23-19(20)26/h1-6,11H,7-10,12H2,(H,23,26). The molecular weight excluding hydrogens is 415 g/mol. The molecular formula is C20H18BrFN2O3. The van der Waals surface area contributed by atoms with Gasteiger partial charge in [0.25, 0.3) is 5.91 Å². The molecule has 0 saturated carbocycles. The Balaban J connectivity index is 1.39. The lowest BCUT2D eigenvalue weighted by Gasteiger charge is -2.37. The van der Waals surface area contributed by atoms with Gasteiger partial charge in [0.1, 0.15) is 11.6 Å². The van der Waals surface area contributed by atoms with Gasteiger partial charge in [-0.3, -0.25) is 9.59 Å². The monoisotopic (exact) mass is 432 g/mol. The van der Waals surface area contributed by atoms with E-state index in [1.807, 2.05) is 24.3 Å². The zero-order valence-electron chi connectivity index (χ0n) is 14.5. The summed E-state index contributed by atoms with van der Waals surface area (Å²) in [5.41, 5.74) is 1.34. The zero-order chi connectivity index (χ0) is 19.0. The van der Waals surface area contributed by atoms with Crippen molar-refractivity contribution in [1.82, 2.24) is 4.90 Å². The van der Waals surface area contributed by atoms with Crippen molar-refractivity contribution < 1.29 is 18.7 Å². The minimum absolute atomic E-state index is 0.0160. The van der Waals surface area contributed by atoms with Gasteiger partial charge in [-0.1, -0.05) is 18.2 Å². The molecule has 2 amide bonds. The summed E-state index contributed by atoms with van der Waals surface area (Å²) in [6, 6.07) is 11.8. The van der Waals surface area contributed by atoms with Crippen LogP contribution in [0.2, 0.25) is 0 Å². The fourth-order valence-corrected chi connectivity index (χ4v) is 4.30. The van der Waals surface area contributed by atoms with Gasteiger partial charge in [0.05, 0.1) is 9.89 Å². The summed E-state index contributed by atoms with van der Waals surface area (Å²) in [5, 5.41) is 2.96. The quantitative estimate of drug-likeness (QED) is 0.807.